The SMILES string of the molecule is Cc1cc(-c2ccc(Cl)c(C(=O)NC(O)C3CCCCCC3)c2)nn1CC(C)(C)O. The Morgan fingerprint density at radius 3 is 2.57 bits per heavy atom. The Hall–Kier alpha value is -1.89. The molecule has 0 bridgehead atoms. The second-order valence-electron chi connectivity index (χ2n) is 9.01. The molecule has 1 aromatic heterocycles. The van der Waals surface area contributed by atoms with Crippen LogP contribution >= 0.6 is 11.6 Å². The lowest BCUT2D eigenvalue weighted by atomic mass is 9.98. The number of aromatic nitrogens is 2. The van der Waals surface area contributed by atoms with E-state index >= 15 is 0 Å². The normalized spacial score (nSPS) is 16.9. The minimum atomic E-state index is -0.882. The van der Waals surface area contributed by atoms with Gasteiger partial charge < -0.3 is 15.5 Å². The number of nitrogens with zero attached hydrogens (tertiary/aromatic N) is 2. The van der Waals surface area contributed by atoms with Gasteiger partial charge in [-0.05, 0) is 51.8 Å². The van der Waals surface area contributed by atoms with Crippen molar-refractivity contribution in [2.75, 3.05) is 0 Å². The lowest BCUT2D eigenvalue weighted by Gasteiger charge is -2.22. The van der Waals surface area contributed by atoms with Gasteiger partial charge in [0.15, 0.2) is 0 Å². The standard InChI is InChI=1S/C23H32ClN3O3/c1-15-12-20(26-27(15)14-23(2,3)30)17-10-11-19(24)18(13-17)22(29)25-21(28)16-8-6-4-5-7-9-16/h10-13,16,21,28,30H,4-9,14H2,1-3H3,(H,25,29). The van der Waals surface area contributed by atoms with Crippen LogP contribution in [-0.2, 0) is 6.54 Å². The molecule has 1 aliphatic carbocycles. The van der Waals surface area contributed by atoms with Crippen LogP contribution < -0.4 is 5.32 Å². The van der Waals surface area contributed by atoms with E-state index in [2.05, 4.69) is 10.4 Å². The molecule has 0 spiro atoms. The number of aliphatic hydroxyl groups is 2. The molecule has 1 aliphatic rings. The molecule has 30 heavy (non-hydrogen) atoms. The molecule has 1 amide bonds. The second kappa shape index (κ2) is 9.50. The Bertz CT molecular complexity index is 880. The van der Waals surface area contributed by atoms with Crippen molar-refractivity contribution in [3.63, 3.8) is 0 Å². The fourth-order valence-corrected chi connectivity index (χ4v) is 4.20. The van der Waals surface area contributed by atoms with Crippen LogP contribution in [0, 0.1) is 12.8 Å². The van der Waals surface area contributed by atoms with Gasteiger partial charge in [0.2, 0.25) is 0 Å². The molecular formula is C23H32ClN3O3. The summed E-state index contributed by atoms with van der Waals surface area (Å²) < 4.78 is 1.75. The average molecular weight is 434 g/mol. The number of benzene rings is 1. The van der Waals surface area contributed by atoms with Crippen LogP contribution in [0.5, 0.6) is 0 Å². The molecule has 0 saturated heterocycles. The lowest BCUT2D eigenvalue weighted by molar-refractivity contribution is 0.0530. The van der Waals surface area contributed by atoms with Gasteiger partial charge in [-0.2, -0.15) is 5.10 Å². The average Bonchev–Trinajstić information content (AvgIpc) is 2.86. The van der Waals surface area contributed by atoms with Gasteiger partial charge in [-0.3, -0.25) is 9.48 Å². The number of halogens is 1. The van der Waals surface area contributed by atoms with E-state index in [0.717, 1.165) is 36.9 Å². The van der Waals surface area contributed by atoms with Crippen molar-refractivity contribution in [2.45, 2.75) is 77.7 Å². The van der Waals surface area contributed by atoms with E-state index in [-0.39, 0.29) is 11.8 Å². The van der Waals surface area contributed by atoms with Gasteiger partial charge in [-0.25, -0.2) is 0 Å². The van der Waals surface area contributed by atoms with Gasteiger partial charge in [0.05, 0.1) is 28.4 Å². The third-order valence-electron chi connectivity index (χ3n) is 5.65. The first kappa shape index (κ1) is 22.8. The van der Waals surface area contributed by atoms with E-state index < -0.39 is 11.8 Å². The zero-order chi connectivity index (χ0) is 21.9. The number of hydrogen-bond donors (Lipinski definition) is 3. The van der Waals surface area contributed by atoms with Gasteiger partial charge in [-0.15, -0.1) is 0 Å². The third kappa shape index (κ3) is 5.84. The van der Waals surface area contributed by atoms with Crippen LogP contribution in [0.1, 0.15) is 68.4 Å². The largest absolute Gasteiger partial charge is 0.389 e. The summed E-state index contributed by atoms with van der Waals surface area (Å²) in [7, 11) is 0. The molecule has 6 nitrogen and oxygen atoms in total. The van der Waals surface area contributed by atoms with E-state index in [4.69, 9.17) is 11.6 Å². The van der Waals surface area contributed by atoms with Gasteiger partial charge in [0.1, 0.15) is 6.23 Å². The minimum Gasteiger partial charge on any atom is -0.389 e. The summed E-state index contributed by atoms with van der Waals surface area (Å²) in [6.45, 7) is 5.76. The molecule has 164 valence electrons. The quantitative estimate of drug-likeness (QED) is 0.468. The minimum absolute atomic E-state index is 0.0820. The molecule has 7 heteroatoms. The fraction of sp³-hybridized carbons (Fsp3) is 0.565. The monoisotopic (exact) mass is 433 g/mol. The van der Waals surface area contributed by atoms with Gasteiger partial charge in [-0.1, -0.05) is 43.4 Å². The number of aryl methyl sites for hydroxylation is 1. The van der Waals surface area contributed by atoms with Crippen molar-refractivity contribution in [2.24, 2.45) is 5.92 Å². The summed E-state index contributed by atoms with van der Waals surface area (Å²) in [4.78, 5) is 12.8. The fourth-order valence-electron chi connectivity index (χ4n) is 3.99. The molecule has 1 atom stereocenters. The number of aliphatic hydroxyl groups excluding tert-OH is 1. The number of nitrogens with one attached hydrogen (secondary N) is 1. The Kier molecular flexibility index (Phi) is 7.22. The number of hydrogen-bond acceptors (Lipinski definition) is 4. The van der Waals surface area contributed by atoms with E-state index in [1.165, 1.54) is 12.8 Å². The van der Waals surface area contributed by atoms with Gasteiger partial charge in [0, 0.05) is 17.2 Å². The number of amides is 1. The summed E-state index contributed by atoms with van der Waals surface area (Å²) in [5, 5.41) is 28.3. The van der Waals surface area contributed by atoms with Crippen LogP contribution in [0.4, 0.5) is 0 Å². The maximum atomic E-state index is 12.8. The van der Waals surface area contributed by atoms with Crippen molar-refractivity contribution in [3.8, 4) is 11.3 Å². The molecule has 1 unspecified atom stereocenters. The molecule has 1 fully saturated rings. The van der Waals surface area contributed by atoms with E-state index in [9.17, 15) is 15.0 Å². The van der Waals surface area contributed by atoms with E-state index in [1.807, 2.05) is 19.1 Å². The van der Waals surface area contributed by atoms with Crippen LogP contribution in [-0.4, -0.2) is 37.7 Å². The molecule has 3 N–H and O–H groups in total. The van der Waals surface area contributed by atoms with Crippen molar-refractivity contribution < 1.29 is 15.0 Å². The number of carbonyl (C=O) groups is 1. The molecule has 3 rings (SSSR count). The van der Waals surface area contributed by atoms with Crippen LogP contribution in [0.25, 0.3) is 11.3 Å². The van der Waals surface area contributed by atoms with E-state index in [0.29, 0.717) is 22.8 Å². The highest BCUT2D eigenvalue weighted by atomic mass is 35.5. The number of carbonyl (C=O) groups excluding carboxylic acids is 1. The Labute approximate surface area is 183 Å². The Morgan fingerprint density at radius 1 is 1.27 bits per heavy atom. The highest BCUT2D eigenvalue weighted by Gasteiger charge is 2.24. The highest BCUT2D eigenvalue weighted by Crippen LogP contribution is 2.27. The molecule has 1 saturated carbocycles. The summed E-state index contributed by atoms with van der Waals surface area (Å²) in [5.74, 6) is -0.301. The predicted octanol–water partition coefficient (Wildman–Crippen LogP) is 4.30. The smallest absolute Gasteiger partial charge is 0.254 e. The van der Waals surface area contributed by atoms with Crippen LogP contribution in [0.2, 0.25) is 5.02 Å². The first-order valence-electron chi connectivity index (χ1n) is 10.7. The Morgan fingerprint density at radius 2 is 1.93 bits per heavy atom. The first-order valence-corrected chi connectivity index (χ1v) is 11.1. The molecule has 0 radical (unpaired) electrons. The van der Waals surface area contributed by atoms with Crippen LogP contribution in [0.3, 0.4) is 0 Å². The van der Waals surface area contributed by atoms with Crippen molar-refractivity contribution in [3.05, 3.63) is 40.5 Å². The summed E-state index contributed by atoms with van der Waals surface area (Å²) in [5.41, 5.74) is 1.80. The first-order chi connectivity index (χ1) is 14.1. The molecule has 0 aliphatic heterocycles. The molecule has 1 aromatic carbocycles. The summed E-state index contributed by atoms with van der Waals surface area (Å²) in [6, 6.07) is 7.11. The van der Waals surface area contributed by atoms with Crippen LogP contribution in [0.15, 0.2) is 24.3 Å². The zero-order valence-electron chi connectivity index (χ0n) is 18.0. The van der Waals surface area contributed by atoms with Crippen molar-refractivity contribution in [1.29, 1.82) is 0 Å². The lowest BCUT2D eigenvalue weighted by Crippen LogP contribution is -2.40. The number of rotatable bonds is 6. The van der Waals surface area contributed by atoms with Crippen molar-refractivity contribution >= 4 is 17.5 Å². The third-order valence-corrected chi connectivity index (χ3v) is 5.98. The summed E-state index contributed by atoms with van der Waals surface area (Å²) in [6.07, 6.45) is 5.51. The summed E-state index contributed by atoms with van der Waals surface area (Å²) >= 11 is 6.30. The molecular weight excluding hydrogens is 402 g/mol. The molecule has 1 heterocycles. The maximum Gasteiger partial charge on any atom is 0.254 e. The second-order valence-corrected chi connectivity index (χ2v) is 9.41. The predicted molar refractivity (Wildman–Crippen MR) is 118 cm³/mol. The maximum absolute atomic E-state index is 12.8. The topological polar surface area (TPSA) is 87.4 Å². The van der Waals surface area contributed by atoms with Gasteiger partial charge in [0.25, 0.3) is 5.91 Å². The zero-order valence-corrected chi connectivity index (χ0v) is 18.7. The highest BCUT2D eigenvalue weighted by molar-refractivity contribution is 6.34. The Balaban J connectivity index is 1.78. The van der Waals surface area contributed by atoms with Crippen molar-refractivity contribution in [1.82, 2.24) is 15.1 Å². The molecule has 2 aromatic rings. The van der Waals surface area contributed by atoms with E-state index in [1.54, 1.807) is 30.7 Å². The van der Waals surface area contributed by atoms with Gasteiger partial charge >= 0.3 is 0 Å².